The number of anilines is 1. The van der Waals surface area contributed by atoms with E-state index in [0.29, 0.717) is 30.0 Å². The molecule has 5 nitrogen and oxygen atoms in total. The van der Waals surface area contributed by atoms with Crippen LogP contribution in [0.3, 0.4) is 0 Å². The van der Waals surface area contributed by atoms with Crippen molar-refractivity contribution in [2.45, 2.75) is 52.1 Å². The van der Waals surface area contributed by atoms with E-state index in [9.17, 15) is 13.2 Å². The van der Waals surface area contributed by atoms with E-state index in [1.54, 1.807) is 13.2 Å². The lowest BCUT2D eigenvalue weighted by Crippen LogP contribution is -2.22. The second-order valence-electron chi connectivity index (χ2n) is 8.05. The molecule has 1 aliphatic rings. The molecule has 0 saturated carbocycles. The van der Waals surface area contributed by atoms with E-state index in [4.69, 9.17) is 9.47 Å². The van der Waals surface area contributed by atoms with Crippen molar-refractivity contribution in [1.29, 1.82) is 0 Å². The first kappa shape index (κ1) is 23.4. The molecule has 0 bridgehead atoms. The summed E-state index contributed by atoms with van der Waals surface area (Å²) in [6.45, 7) is 6.65. The lowest BCUT2D eigenvalue weighted by molar-refractivity contribution is -0.115. The summed E-state index contributed by atoms with van der Waals surface area (Å²) in [6.07, 6.45) is 0.569. The molecule has 2 heterocycles. The molecule has 1 aromatic carbocycles. The summed E-state index contributed by atoms with van der Waals surface area (Å²) < 4.78 is 49.9. The van der Waals surface area contributed by atoms with Crippen LogP contribution in [0.1, 0.15) is 43.7 Å². The number of benzene rings is 1. The first-order valence-corrected chi connectivity index (χ1v) is 11.0. The van der Waals surface area contributed by atoms with Crippen LogP contribution in [-0.2, 0) is 6.42 Å². The van der Waals surface area contributed by atoms with Crippen LogP contribution in [0.15, 0.2) is 12.1 Å². The highest BCUT2D eigenvalue weighted by Gasteiger charge is 2.27. The van der Waals surface area contributed by atoms with Gasteiger partial charge in [0, 0.05) is 18.0 Å². The summed E-state index contributed by atoms with van der Waals surface area (Å²) in [5.74, 6) is 1.46. The van der Waals surface area contributed by atoms with Crippen molar-refractivity contribution in [3.8, 4) is 11.5 Å². The molecule has 0 radical (unpaired) electrons. The van der Waals surface area contributed by atoms with Gasteiger partial charge in [-0.05, 0) is 62.9 Å². The first-order chi connectivity index (χ1) is 14.8. The van der Waals surface area contributed by atoms with Gasteiger partial charge in [0.05, 0.1) is 19.2 Å². The highest BCUT2D eigenvalue weighted by atomic mass is 19.4. The molecular weight excluding hydrogens is 407 g/mol. The van der Waals surface area contributed by atoms with Crippen LogP contribution in [0, 0.1) is 6.92 Å². The number of rotatable bonds is 10. The fourth-order valence-corrected chi connectivity index (χ4v) is 4.11. The summed E-state index contributed by atoms with van der Waals surface area (Å²) in [6, 6.07) is 3.64. The summed E-state index contributed by atoms with van der Waals surface area (Å²) in [5, 5.41) is 3.35. The number of nitrogens with one attached hydrogen (secondary N) is 1. The molecule has 1 aromatic heterocycles. The van der Waals surface area contributed by atoms with E-state index in [0.717, 1.165) is 49.0 Å². The van der Waals surface area contributed by atoms with Crippen molar-refractivity contribution >= 4 is 16.7 Å². The zero-order valence-electron chi connectivity index (χ0n) is 18.6. The summed E-state index contributed by atoms with van der Waals surface area (Å²) in [5.41, 5.74) is 2.31. The zero-order valence-corrected chi connectivity index (χ0v) is 18.6. The minimum Gasteiger partial charge on any atom is -0.493 e. The zero-order chi connectivity index (χ0) is 22.4. The Balaban J connectivity index is 1.84. The van der Waals surface area contributed by atoms with Crippen molar-refractivity contribution < 1.29 is 22.6 Å². The second-order valence-corrected chi connectivity index (χ2v) is 8.05. The molecule has 1 saturated heterocycles. The average molecular weight is 440 g/mol. The number of aromatic nitrogens is 1. The van der Waals surface area contributed by atoms with Crippen LogP contribution in [0.4, 0.5) is 19.0 Å². The number of nitrogens with zero attached hydrogens (tertiary/aromatic N) is 2. The Morgan fingerprint density at radius 3 is 2.55 bits per heavy atom. The number of alkyl halides is 3. The Hall–Kier alpha value is -2.22. The number of pyridine rings is 1. The Bertz CT molecular complexity index is 881. The summed E-state index contributed by atoms with van der Waals surface area (Å²) in [4.78, 5) is 6.96. The predicted molar refractivity (Wildman–Crippen MR) is 117 cm³/mol. The number of halogens is 3. The lowest BCUT2D eigenvalue weighted by atomic mass is 10.00. The Labute approximate surface area is 181 Å². The molecule has 1 fully saturated rings. The van der Waals surface area contributed by atoms with Crippen molar-refractivity contribution in [2.24, 2.45) is 0 Å². The third kappa shape index (κ3) is 6.15. The predicted octanol–water partition coefficient (Wildman–Crippen LogP) is 5.34. The van der Waals surface area contributed by atoms with Crippen molar-refractivity contribution in [3.63, 3.8) is 0 Å². The Kier molecular flexibility index (Phi) is 7.86. The molecule has 0 aliphatic carbocycles. The third-order valence-corrected chi connectivity index (χ3v) is 5.69. The molecule has 1 aliphatic heterocycles. The van der Waals surface area contributed by atoms with E-state index in [1.165, 1.54) is 12.8 Å². The molecule has 0 atom stereocenters. The van der Waals surface area contributed by atoms with Crippen LogP contribution in [0.5, 0.6) is 11.5 Å². The molecule has 0 amide bonds. The fraction of sp³-hybridized carbons (Fsp3) is 0.609. The van der Waals surface area contributed by atoms with E-state index in [1.807, 2.05) is 19.9 Å². The number of methoxy groups -OCH3 is 1. The molecule has 0 unspecified atom stereocenters. The van der Waals surface area contributed by atoms with Gasteiger partial charge in [0.25, 0.3) is 0 Å². The molecule has 3 rings (SSSR count). The van der Waals surface area contributed by atoms with Gasteiger partial charge < -0.3 is 19.7 Å². The van der Waals surface area contributed by atoms with E-state index < -0.39 is 12.7 Å². The van der Waals surface area contributed by atoms with Crippen molar-refractivity contribution in [3.05, 3.63) is 23.3 Å². The highest BCUT2D eigenvalue weighted by molar-refractivity contribution is 5.88. The number of ether oxygens (including phenoxy) is 2. The maximum atomic E-state index is 12.8. The van der Waals surface area contributed by atoms with Gasteiger partial charge in [-0.1, -0.05) is 13.3 Å². The fourth-order valence-electron chi connectivity index (χ4n) is 4.11. The summed E-state index contributed by atoms with van der Waals surface area (Å²) >= 11 is 0. The molecule has 8 heteroatoms. The van der Waals surface area contributed by atoms with Gasteiger partial charge in [-0.15, -0.1) is 0 Å². The normalized spacial score (nSPS) is 14.9. The number of fused-ring (bicyclic) bond motifs is 1. The van der Waals surface area contributed by atoms with Crippen LogP contribution in [0.2, 0.25) is 0 Å². The van der Waals surface area contributed by atoms with Crippen molar-refractivity contribution in [1.82, 2.24) is 9.88 Å². The smallest absolute Gasteiger partial charge is 0.405 e. The quantitative estimate of drug-likeness (QED) is 0.506. The first-order valence-electron chi connectivity index (χ1n) is 11.0. The van der Waals surface area contributed by atoms with Gasteiger partial charge in [-0.3, -0.25) is 0 Å². The molecule has 2 aromatic rings. The van der Waals surface area contributed by atoms with Gasteiger partial charge in [0.2, 0.25) is 0 Å². The van der Waals surface area contributed by atoms with E-state index in [-0.39, 0.29) is 5.82 Å². The molecular formula is C23H32F3N3O2. The minimum atomic E-state index is -4.31. The third-order valence-electron chi connectivity index (χ3n) is 5.69. The van der Waals surface area contributed by atoms with Gasteiger partial charge in [-0.25, -0.2) is 4.98 Å². The van der Waals surface area contributed by atoms with Crippen LogP contribution in [0.25, 0.3) is 10.9 Å². The maximum absolute atomic E-state index is 12.8. The Morgan fingerprint density at radius 1 is 1.16 bits per heavy atom. The van der Waals surface area contributed by atoms with Crippen LogP contribution in [-0.4, -0.2) is 56.0 Å². The molecule has 0 spiro atoms. The topological polar surface area (TPSA) is 46.6 Å². The second kappa shape index (κ2) is 10.4. The lowest BCUT2D eigenvalue weighted by Gasteiger charge is -2.19. The summed E-state index contributed by atoms with van der Waals surface area (Å²) in [7, 11) is 1.59. The minimum absolute atomic E-state index is 0.286. The number of aryl methyl sites for hydroxylation is 1. The van der Waals surface area contributed by atoms with Gasteiger partial charge in [0.15, 0.2) is 11.5 Å². The SMILES string of the molecule is CCCc1c(NCC(F)(F)F)nc2cc(OCCCN3CCCC3)c(OC)cc2c1C. The highest BCUT2D eigenvalue weighted by Crippen LogP contribution is 2.36. The largest absolute Gasteiger partial charge is 0.493 e. The van der Waals surface area contributed by atoms with Crippen LogP contribution < -0.4 is 14.8 Å². The maximum Gasteiger partial charge on any atom is 0.405 e. The Morgan fingerprint density at radius 2 is 1.90 bits per heavy atom. The number of hydrogen-bond acceptors (Lipinski definition) is 5. The van der Waals surface area contributed by atoms with Crippen LogP contribution >= 0.6 is 0 Å². The molecule has 1 N–H and O–H groups in total. The standard InChI is InChI=1S/C23H32F3N3O2/c1-4-8-17-16(2)18-13-20(30-3)21(31-12-7-11-29-9-5-6-10-29)14-19(18)28-22(17)27-15-23(24,25)26/h13-14H,4-12,15H2,1-3H3,(H,27,28). The van der Waals surface area contributed by atoms with E-state index >= 15 is 0 Å². The van der Waals surface area contributed by atoms with Gasteiger partial charge >= 0.3 is 6.18 Å². The van der Waals surface area contributed by atoms with E-state index in [2.05, 4.69) is 15.2 Å². The van der Waals surface area contributed by atoms with Crippen molar-refractivity contribution in [2.75, 3.05) is 45.2 Å². The number of hydrogen-bond donors (Lipinski definition) is 1. The molecule has 172 valence electrons. The number of likely N-dealkylation sites (tertiary alicyclic amines) is 1. The molecule has 31 heavy (non-hydrogen) atoms. The van der Waals surface area contributed by atoms with Gasteiger partial charge in [-0.2, -0.15) is 13.2 Å². The van der Waals surface area contributed by atoms with Gasteiger partial charge in [0.1, 0.15) is 12.4 Å². The monoisotopic (exact) mass is 439 g/mol. The average Bonchev–Trinajstić information content (AvgIpc) is 3.24.